The van der Waals surface area contributed by atoms with Gasteiger partial charge in [0, 0.05) is 12.2 Å². The number of hydrogen-bond acceptors (Lipinski definition) is 2. The van der Waals surface area contributed by atoms with Crippen LogP contribution in [0.15, 0.2) is 22.9 Å². The number of nitrogens with one attached hydrogen (secondary N) is 1. The number of carbonyl (C=O) groups is 1. The fourth-order valence-corrected chi connectivity index (χ4v) is 3.02. The lowest BCUT2D eigenvalue weighted by Gasteiger charge is -2.20. The number of amides is 1. The van der Waals surface area contributed by atoms with Crippen molar-refractivity contribution in [2.45, 2.75) is 39.2 Å². The van der Waals surface area contributed by atoms with E-state index in [-0.39, 0.29) is 5.91 Å². The molecule has 4 heteroatoms. The number of pyridine rings is 1. The van der Waals surface area contributed by atoms with Crippen LogP contribution in [0.5, 0.6) is 0 Å². The second kappa shape index (κ2) is 5.83. The normalized spacial score (nSPS) is 27.2. The van der Waals surface area contributed by atoms with E-state index in [0.717, 1.165) is 16.9 Å². The molecule has 0 saturated heterocycles. The molecule has 1 aromatic heterocycles. The van der Waals surface area contributed by atoms with Crippen LogP contribution in [0.2, 0.25) is 0 Å². The molecule has 1 aromatic rings. The Morgan fingerprint density at radius 3 is 2.83 bits per heavy atom. The third kappa shape index (κ3) is 2.91. The minimum absolute atomic E-state index is 0.0106. The van der Waals surface area contributed by atoms with Crippen LogP contribution in [-0.4, -0.2) is 16.9 Å². The van der Waals surface area contributed by atoms with E-state index in [1.165, 1.54) is 12.8 Å². The zero-order chi connectivity index (χ0) is 13.1. The number of halogens is 1. The summed E-state index contributed by atoms with van der Waals surface area (Å²) in [5.41, 5.74) is 0.630. The lowest BCUT2D eigenvalue weighted by atomic mass is 9.93. The number of aromatic nitrogens is 1. The molecule has 0 aromatic carbocycles. The summed E-state index contributed by atoms with van der Waals surface area (Å²) in [6.07, 6.45) is 5.13. The molecule has 0 aliphatic heterocycles. The van der Waals surface area contributed by atoms with E-state index >= 15 is 0 Å². The van der Waals surface area contributed by atoms with Crippen LogP contribution < -0.4 is 5.32 Å². The summed E-state index contributed by atoms with van der Waals surface area (Å²) >= 11 is 3.27. The highest BCUT2D eigenvalue weighted by molar-refractivity contribution is 9.10. The predicted molar refractivity (Wildman–Crippen MR) is 75.4 cm³/mol. The second-order valence-corrected chi connectivity index (χ2v) is 5.87. The molecule has 1 N–H and O–H groups in total. The molecule has 3 nitrogen and oxygen atoms in total. The Hall–Kier alpha value is -0.900. The van der Waals surface area contributed by atoms with Gasteiger partial charge in [-0.2, -0.15) is 0 Å². The molecule has 0 bridgehead atoms. The van der Waals surface area contributed by atoms with Crippen LogP contribution in [0.4, 0.5) is 0 Å². The SMILES string of the molecule is CCC1CCC(NC(=O)c2ccc(Br)nc2)C1C. The highest BCUT2D eigenvalue weighted by atomic mass is 79.9. The maximum Gasteiger partial charge on any atom is 0.253 e. The van der Waals surface area contributed by atoms with Gasteiger partial charge in [0.15, 0.2) is 0 Å². The van der Waals surface area contributed by atoms with Gasteiger partial charge in [-0.1, -0.05) is 20.3 Å². The molecule has 1 aliphatic carbocycles. The van der Waals surface area contributed by atoms with Crippen molar-refractivity contribution in [2.24, 2.45) is 11.8 Å². The standard InChI is InChI=1S/C14H19BrN2O/c1-3-10-4-6-12(9(10)2)17-14(18)11-5-7-13(15)16-8-11/h5,7-10,12H,3-4,6H2,1-2H3,(H,17,18). The zero-order valence-corrected chi connectivity index (χ0v) is 12.4. The lowest BCUT2D eigenvalue weighted by Crippen LogP contribution is -2.37. The zero-order valence-electron chi connectivity index (χ0n) is 10.8. The summed E-state index contributed by atoms with van der Waals surface area (Å²) in [4.78, 5) is 16.2. The Balaban J connectivity index is 1.98. The quantitative estimate of drug-likeness (QED) is 0.869. The van der Waals surface area contributed by atoms with Crippen molar-refractivity contribution >= 4 is 21.8 Å². The molecule has 2 rings (SSSR count). The first-order valence-electron chi connectivity index (χ1n) is 6.54. The fourth-order valence-electron chi connectivity index (χ4n) is 2.79. The summed E-state index contributed by atoms with van der Waals surface area (Å²) in [6.45, 7) is 4.47. The lowest BCUT2D eigenvalue weighted by molar-refractivity contribution is 0.0926. The first kappa shape index (κ1) is 13.5. The van der Waals surface area contributed by atoms with Gasteiger partial charge in [-0.15, -0.1) is 0 Å². The molecule has 1 aliphatic rings. The van der Waals surface area contributed by atoms with E-state index in [0.29, 0.717) is 17.5 Å². The van der Waals surface area contributed by atoms with Gasteiger partial charge in [0.1, 0.15) is 4.60 Å². The van der Waals surface area contributed by atoms with Crippen molar-refractivity contribution in [1.29, 1.82) is 0 Å². The van der Waals surface area contributed by atoms with E-state index in [2.05, 4.69) is 40.1 Å². The molecule has 0 radical (unpaired) electrons. The highest BCUT2D eigenvalue weighted by Crippen LogP contribution is 2.33. The number of carbonyl (C=O) groups excluding carboxylic acids is 1. The maximum absolute atomic E-state index is 12.1. The smallest absolute Gasteiger partial charge is 0.253 e. The van der Waals surface area contributed by atoms with Gasteiger partial charge in [-0.25, -0.2) is 4.98 Å². The molecule has 18 heavy (non-hydrogen) atoms. The van der Waals surface area contributed by atoms with Gasteiger partial charge in [-0.3, -0.25) is 4.79 Å². The summed E-state index contributed by atoms with van der Waals surface area (Å²) in [5, 5.41) is 3.13. The molecule has 0 spiro atoms. The average molecular weight is 311 g/mol. The number of nitrogens with zero attached hydrogens (tertiary/aromatic N) is 1. The van der Waals surface area contributed by atoms with Crippen LogP contribution >= 0.6 is 15.9 Å². The number of rotatable bonds is 3. The Bertz CT molecular complexity index is 418. The Labute approximate surface area is 117 Å². The Kier molecular flexibility index (Phi) is 4.38. The molecule has 1 fully saturated rings. The predicted octanol–water partition coefficient (Wildman–Crippen LogP) is 3.40. The van der Waals surface area contributed by atoms with E-state index in [4.69, 9.17) is 0 Å². The monoisotopic (exact) mass is 310 g/mol. The third-order valence-corrected chi connectivity index (χ3v) is 4.53. The molecule has 3 unspecified atom stereocenters. The summed E-state index contributed by atoms with van der Waals surface area (Å²) in [6, 6.07) is 3.90. The average Bonchev–Trinajstić information content (AvgIpc) is 2.71. The van der Waals surface area contributed by atoms with Gasteiger partial charge < -0.3 is 5.32 Å². The van der Waals surface area contributed by atoms with Crippen LogP contribution in [0, 0.1) is 11.8 Å². The molecule has 1 heterocycles. The third-order valence-electron chi connectivity index (χ3n) is 4.06. The molecule has 1 saturated carbocycles. The van der Waals surface area contributed by atoms with E-state index in [1.54, 1.807) is 18.3 Å². The van der Waals surface area contributed by atoms with Crippen LogP contribution in [0.3, 0.4) is 0 Å². The maximum atomic E-state index is 12.1. The van der Waals surface area contributed by atoms with Crippen LogP contribution in [0.1, 0.15) is 43.5 Å². The first-order chi connectivity index (χ1) is 8.61. The van der Waals surface area contributed by atoms with Gasteiger partial charge in [-0.05, 0) is 52.7 Å². The molecular formula is C14H19BrN2O. The van der Waals surface area contributed by atoms with Crippen molar-refractivity contribution in [3.05, 3.63) is 28.5 Å². The highest BCUT2D eigenvalue weighted by Gasteiger charge is 2.32. The topological polar surface area (TPSA) is 42.0 Å². The summed E-state index contributed by atoms with van der Waals surface area (Å²) in [5.74, 6) is 1.31. The van der Waals surface area contributed by atoms with E-state index < -0.39 is 0 Å². The summed E-state index contributed by atoms with van der Waals surface area (Å²) < 4.78 is 0.749. The first-order valence-corrected chi connectivity index (χ1v) is 7.33. The van der Waals surface area contributed by atoms with E-state index in [9.17, 15) is 4.79 Å². The molecular weight excluding hydrogens is 292 g/mol. The van der Waals surface area contributed by atoms with E-state index in [1.807, 2.05) is 0 Å². The van der Waals surface area contributed by atoms with Crippen molar-refractivity contribution in [2.75, 3.05) is 0 Å². The number of hydrogen-bond donors (Lipinski definition) is 1. The molecule has 98 valence electrons. The van der Waals surface area contributed by atoms with Gasteiger partial charge in [0.05, 0.1) is 5.56 Å². The van der Waals surface area contributed by atoms with Gasteiger partial charge >= 0.3 is 0 Å². The van der Waals surface area contributed by atoms with Crippen LogP contribution in [-0.2, 0) is 0 Å². The Morgan fingerprint density at radius 1 is 1.50 bits per heavy atom. The van der Waals surface area contributed by atoms with Gasteiger partial charge in [0.2, 0.25) is 0 Å². The van der Waals surface area contributed by atoms with Gasteiger partial charge in [0.25, 0.3) is 5.91 Å². The largest absolute Gasteiger partial charge is 0.349 e. The molecule has 3 atom stereocenters. The molecule has 1 amide bonds. The second-order valence-electron chi connectivity index (χ2n) is 5.05. The van der Waals surface area contributed by atoms with Crippen molar-refractivity contribution in [1.82, 2.24) is 10.3 Å². The minimum atomic E-state index is -0.0106. The fraction of sp³-hybridized carbons (Fsp3) is 0.571. The van der Waals surface area contributed by atoms with Crippen LogP contribution in [0.25, 0.3) is 0 Å². The summed E-state index contributed by atoms with van der Waals surface area (Å²) in [7, 11) is 0. The minimum Gasteiger partial charge on any atom is -0.349 e. The van der Waals surface area contributed by atoms with Crippen molar-refractivity contribution < 1.29 is 4.79 Å². The van der Waals surface area contributed by atoms with Crippen molar-refractivity contribution in [3.8, 4) is 0 Å². The Morgan fingerprint density at radius 2 is 2.28 bits per heavy atom. The van der Waals surface area contributed by atoms with Crippen molar-refractivity contribution in [3.63, 3.8) is 0 Å².